The van der Waals surface area contributed by atoms with Gasteiger partial charge in [-0.2, -0.15) is 0 Å². The SMILES string of the molecule is COc1ccc(CN2C(=O)/C(=C(/Cl)[Si](C(C)C)(C(C)C)C(C)C)c3ccccc32)cc1. The highest BCUT2D eigenvalue weighted by Crippen LogP contribution is 2.52. The number of para-hydroxylation sites is 1. The Hall–Kier alpha value is -2.04. The molecule has 0 bridgehead atoms. The van der Waals surface area contributed by atoms with Gasteiger partial charge in [0.25, 0.3) is 5.91 Å². The number of carbonyl (C=O) groups excluding carboxylic acids is 1. The van der Waals surface area contributed by atoms with Gasteiger partial charge in [0, 0.05) is 10.2 Å². The van der Waals surface area contributed by atoms with Crippen LogP contribution in [0.5, 0.6) is 5.75 Å². The van der Waals surface area contributed by atoms with E-state index in [4.69, 9.17) is 16.3 Å². The van der Waals surface area contributed by atoms with Crippen molar-refractivity contribution in [2.45, 2.75) is 64.7 Å². The lowest BCUT2D eigenvalue weighted by atomic mass is 10.1. The Labute approximate surface area is 193 Å². The summed E-state index contributed by atoms with van der Waals surface area (Å²) < 4.78 is 6.10. The summed E-state index contributed by atoms with van der Waals surface area (Å²) in [6, 6.07) is 15.9. The predicted octanol–water partition coefficient (Wildman–Crippen LogP) is 7.41. The molecular formula is C26H34ClNO2Si. The van der Waals surface area contributed by atoms with Crippen molar-refractivity contribution in [2.24, 2.45) is 0 Å². The van der Waals surface area contributed by atoms with Gasteiger partial charge in [-0.1, -0.05) is 83.5 Å². The molecule has 3 rings (SSSR count). The Morgan fingerprint density at radius 3 is 2.00 bits per heavy atom. The van der Waals surface area contributed by atoms with Crippen molar-refractivity contribution >= 4 is 36.8 Å². The molecule has 2 aromatic carbocycles. The normalized spacial score (nSPS) is 15.8. The monoisotopic (exact) mass is 455 g/mol. The standard InChI is InChI=1S/C26H34ClNO2Si/c1-17(2)31(18(3)4,19(5)6)25(27)24-22-10-8-9-11-23(22)28(26(24)29)16-20-12-14-21(30-7)15-13-20/h8-15,17-19H,16H2,1-7H3/b25-24-. The zero-order valence-corrected chi connectivity index (χ0v) is 21.5. The van der Waals surface area contributed by atoms with Crippen LogP contribution in [0.25, 0.3) is 5.57 Å². The van der Waals surface area contributed by atoms with Gasteiger partial charge < -0.3 is 9.64 Å². The Kier molecular flexibility index (Phi) is 7.02. The lowest BCUT2D eigenvalue weighted by molar-refractivity contribution is -0.113. The summed E-state index contributed by atoms with van der Waals surface area (Å²) >= 11 is 7.30. The molecule has 1 heterocycles. The second-order valence-corrected chi connectivity index (χ2v) is 15.9. The van der Waals surface area contributed by atoms with E-state index in [1.165, 1.54) is 0 Å². The van der Waals surface area contributed by atoms with Gasteiger partial charge in [0.1, 0.15) is 13.8 Å². The van der Waals surface area contributed by atoms with Crippen molar-refractivity contribution in [3.05, 3.63) is 64.3 Å². The summed E-state index contributed by atoms with van der Waals surface area (Å²) in [6.45, 7) is 14.1. The van der Waals surface area contributed by atoms with E-state index in [0.29, 0.717) is 28.7 Å². The van der Waals surface area contributed by atoms with Crippen LogP contribution in [0, 0.1) is 0 Å². The molecule has 0 aliphatic carbocycles. The van der Waals surface area contributed by atoms with Crippen molar-refractivity contribution in [3.8, 4) is 5.75 Å². The van der Waals surface area contributed by atoms with Crippen LogP contribution in [-0.2, 0) is 11.3 Å². The Morgan fingerprint density at radius 2 is 1.48 bits per heavy atom. The van der Waals surface area contributed by atoms with Gasteiger partial charge >= 0.3 is 0 Å². The summed E-state index contributed by atoms with van der Waals surface area (Å²) in [5.74, 6) is 0.822. The molecule has 2 aromatic rings. The van der Waals surface area contributed by atoms with Crippen molar-refractivity contribution < 1.29 is 9.53 Å². The third kappa shape index (κ3) is 3.96. The molecule has 166 valence electrons. The largest absolute Gasteiger partial charge is 0.497 e. The Morgan fingerprint density at radius 1 is 0.935 bits per heavy atom. The van der Waals surface area contributed by atoms with E-state index in [9.17, 15) is 4.79 Å². The molecule has 5 heteroatoms. The van der Waals surface area contributed by atoms with E-state index in [0.717, 1.165) is 27.2 Å². The molecule has 0 fully saturated rings. The van der Waals surface area contributed by atoms with E-state index in [-0.39, 0.29) is 5.91 Å². The van der Waals surface area contributed by atoms with Gasteiger partial charge in [0.05, 0.1) is 24.9 Å². The van der Waals surface area contributed by atoms with Crippen molar-refractivity contribution in [1.82, 2.24) is 0 Å². The number of rotatable bonds is 7. The first-order valence-corrected chi connectivity index (χ1v) is 13.7. The number of methoxy groups -OCH3 is 1. The van der Waals surface area contributed by atoms with Gasteiger partial charge in [-0.3, -0.25) is 4.79 Å². The van der Waals surface area contributed by atoms with Gasteiger partial charge in [0.2, 0.25) is 0 Å². The first-order valence-electron chi connectivity index (χ1n) is 11.1. The van der Waals surface area contributed by atoms with Gasteiger partial charge in [-0.05, 0) is 40.4 Å². The summed E-state index contributed by atoms with van der Waals surface area (Å²) in [5.41, 5.74) is 4.98. The molecule has 0 spiro atoms. The van der Waals surface area contributed by atoms with Crippen LogP contribution in [0.3, 0.4) is 0 Å². The number of hydrogen-bond donors (Lipinski definition) is 0. The third-order valence-electron chi connectivity index (χ3n) is 6.89. The fraction of sp³-hybridized carbons (Fsp3) is 0.423. The van der Waals surface area contributed by atoms with Gasteiger partial charge in [-0.15, -0.1) is 0 Å². The molecule has 0 radical (unpaired) electrons. The maximum atomic E-state index is 13.8. The molecular weight excluding hydrogens is 422 g/mol. The maximum Gasteiger partial charge on any atom is 0.260 e. The second-order valence-electron chi connectivity index (χ2n) is 9.34. The van der Waals surface area contributed by atoms with Crippen LogP contribution in [-0.4, -0.2) is 21.1 Å². The van der Waals surface area contributed by atoms with E-state index < -0.39 is 8.07 Å². The number of amides is 1. The number of halogens is 1. The van der Waals surface area contributed by atoms with Crippen LogP contribution in [0.4, 0.5) is 5.69 Å². The number of nitrogens with zero attached hydrogens (tertiary/aromatic N) is 1. The summed E-state index contributed by atoms with van der Waals surface area (Å²) in [6.07, 6.45) is 0. The summed E-state index contributed by atoms with van der Waals surface area (Å²) in [7, 11) is -0.504. The van der Waals surface area contributed by atoms with E-state index in [2.05, 4.69) is 41.5 Å². The molecule has 1 aliphatic rings. The van der Waals surface area contributed by atoms with E-state index in [1.54, 1.807) is 7.11 Å². The van der Waals surface area contributed by atoms with Crippen LogP contribution < -0.4 is 9.64 Å². The molecule has 0 saturated heterocycles. The third-order valence-corrected chi connectivity index (χ3v) is 14.8. The van der Waals surface area contributed by atoms with Crippen LogP contribution in [0.1, 0.15) is 52.7 Å². The van der Waals surface area contributed by atoms with Crippen LogP contribution >= 0.6 is 11.6 Å². The number of benzene rings is 2. The summed E-state index contributed by atoms with van der Waals surface area (Å²) in [4.78, 5) is 15.7. The number of ether oxygens (including phenoxy) is 1. The fourth-order valence-electron chi connectivity index (χ4n) is 5.54. The van der Waals surface area contributed by atoms with E-state index in [1.807, 2.05) is 53.4 Å². The first kappa shape index (κ1) is 23.6. The smallest absolute Gasteiger partial charge is 0.260 e. The molecule has 1 amide bonds. The van der Waals surface area contributed by atoms with Crippen LogP contribution in [0.2, 0.25) is 16.6 Å². The number of carbonyl (C=O) groups is 1. The average Bonchev–Trinajstić information content (AvgIpc) is 2.99. The highest BCUT2D eigenvalue weighted by molar-refractivity contribution is 6.98. The van der Waals surface area contributed by atoms with Crippen LogP contribution in [0.15, 0.2) is 53.2 Å². The minimum atomic E-state index is -2.16. The lowest BCUT2D eigenvalue weighted by Crippen LogP contribution is -2.46. The molecule has 3 nitrogen and oxygen atoms in total. The fourth-order valence-corrected chi connectivity index (χ4v) is 13.9. The predicted molar refractivity (Wildman–Crippen MR) is 134 cm³/mol. The van der Waals surface area contributed by atoms with Gasteiger partial charge in [-0.25, -0.2) is 0 Å². The zero-order valence-electron chi connectivity index (χ0n) is 19.7. The second kappa shape index (κ2) is 9.21. The summed E-state index contributed by atoms with van der Waals surface area (Å²) in [5, 5.41) is 0. The molecule has 0 unspecified atom stereocenters. The molecule has 0 saturated carbocycles. The van der Waals surface area contributed by atoms with Crippen molar-refractivity contribution in [1.29, 1.82) is 0 Å². The van der Waals surface area contributed by atoms with Crippen molar-refractivity contribution in [2.75, 3.05) is 12.0 Å². The Balaban J connectivity index is 2.14. The Bertz CT molecular complexity index is 957. The first-order chi connectivity index (χ1) is 14.7. The number of anilines is 1. The molecule has 0 N–H and O–H groups in total. The lowest BCUT2D eigenvalue weighted by Gasteiger charge is -2.43. The van der Waals surface area contributed by atoms with Crippen molar-refractivity contribution in [3.63, 3.8) is 0 Å². The number of hydrogen-bond acceptors (Lipinski definition) is 2. The quantitative estimate of drug-likeness (QED) is 0.321. The van der Waals surface area contributed by atoms with E-state index >= 15 is 0 Å². The molecule has 0 aromatic heterocycles. The highest BCUT2D eigenvalue weighted by Gasteiger charge is 2.49. The maximum absolute atomic E-state index is 13.8. The topological polar surface area (TPSA) is 29.5 Å². The molecule has 0 atom stereocenters. The number of fused-ring (bicyclic) bond motifs is 1. The zero-order chi connectivity index (χ0) is 22.9. The van der Waals surface area contributed by atoms with Gasteiger partial charge in [0.15, 0.2) is 0 Å². The highest BCUT2D eigenvalue weighted by atomic mass is 35.5. The molecule has 1 aliphatic heterocycles. The average molecular weight is 456 g/mol. The minimum Gasteiger partial charge on any atom is -0.497 e. The molecule has 31 heavy (non-hydrogen) atoms. The minimum absolute atomic E-state index is 0.0147.